The summed E-state index contributed by atoms with van der Waals surface area (Å²) in [7, 11) is 1.60. The van der Waals surface area contributed by atoms with Gasteiger partial charge in [-0.1, -0.05) is 24.5 Å². The van der Waals surface area contributed by atoms with Crippen LogP contribution in [0, 0.1) is 5.41 Å². The maximum absolute atomic E-state index is 4.17. The molecule has 2 aliphatic rings. The molecule has 0 amide bonds. The summed E-state index contributed by atoms with van der Waals surface area (Å²) in [6, 6.07) is 0. The largest absolute Gasteiger partial charge is 0.240 e. The molecule has 2 fully saturated rings. The van der Waals surface area contributed by atoms with Crippen molar-refractivity contribution in [2.45, 2.75) is 25.7 Å². The van der Waals surface area contributed by atoms with Crippen LogP contribution in [0.1, 0.15) is 25.7 Å². The summed E-state index contributed by atoms with van der Waals surface area (Å²) in [5.74, 6) is 0. The van der Waals surface area contributed by atoms with E-state index in [-0.39, 0.29) is 0 Å². The summed E-state index contributed by atoms with van der Waals surface area (Å²) < 4.78 is 2.34. The zero-order valence-electron chi connectivity index (χ0n) is 6.05. The van der Waals surface area contributed by atoms with Gasteiger partial charge in [0.15, 0.2) is 0 Å². The summed E-state index contributed by atoms with van der Waals surface area (Å²) in [4.78, 5) is 0. The van der Waals surface area contributed by atoms with E-state index in [1.807, 2.05) is 0 Å². The van der Waals surface area contributed by atoms with E-state index in [4.69, 9.17) is 0 Å². The van der Waals surface area contributed by atoms with Gasteiger partial charge in [0.1, 0.15) is 0 Å². The van der Waals surface area contributed by atoms with Crippen LogP contribution >= 0.6 is 22.6 Å². The molecule has 0 atom stereocenters. The monoisotopic (exact) mass is 175 g/mol. The molecule has 1 saturated carbocycles. The van der Waals surface area contributed by atoms with Crippen LogP contribution in [0.5, 0.6) is 0 Å². The Hall–Kier alpha value is 0.660. The SMILES string of the molecule is SSN1CC2(CCCC2)C1. The fraction of sp³-hybridized carbons (Fsp3) is 1.00. The Bertz CT molecular complexity index is 124. The fourth-order valence-corrected chi connectivity index (χ4v) is 3.21. The van der Waals surface area contributed by atoms with Crippen molar-refractivity contribution >= 4 is 22.6 Å². The van der Waals surface area contributed by atoms with Crippen molar-refractivity contribution in [3.05, 3.63) is 0 Å². The third-order valence-corrected chi connectivity index (χ3v) is 3.99. The molecular formula is C7H13NS2. The molecule has 10 heavy (non-hydrogen) atoms. The Kier molecular flexibility index (Phi) is 1.91. The first-order valence-electron chi connectivity index (χ1n) is 3.91. The molecule has 58 valence electrons. The number of hydrogen-bond acceptors (Lipinski definition) is 3. The van der Waals surface area contributed by atoms with Gasteiger partial charge in [0.2, 0.25) is 0 Å². The van der Waals surface area contributed by atoms with E-state index in [1.54, 1.807) is 11.0 Å². The van der Waals surface area contributed by atoms with Gasteiger partial charge in [-0.15, -0.1) is 0 Å². The Labute approximate surface area is 71.5 Å². The number of thiol groups is 1. The van der Waals surface area contributed by atoms with E-state index in [0.29, 0.717) is 0 Å². The third kappa shape index (κ3) is 1.08. The van der Waals surface area contributed by atoms with Gasteiger partial charge in [0, 0.05) is 13.1 Å². The lowest BCUT2D eigenvalue weighted by Crippen LogP contribution is -2.50. The van der Waals surface area contributed by atoms with Crippen LogP contribution in [0.3, 0.4) is 0 Å². The van der Waals surface area contributed by atoms with Crippen LogP contribution in [0.4, 0.5) is 0 Å². The van der Waals surface area contributed by atoms with Gasteiger partial charge in [0.05, 0.1) is 0 Å². The standard InChI is InChI=1S/C7H13NS2/c9-10-8-5-7(6-8)3-1-2-4-7/h9H,1-6H2. The Morgan fingerprint density at radius 1 is 1.20 bits per heavy atom. The van der Waals surface area contributed by atoms with Crippen LogP contribution in [0.2, 0.25) is 0 Å². The first kappa shape index (κ1) is 7.32. The quantitative estimate of drug-likeness (QED) is 0.370. The van der Waals surface area contributed by atoms with Crippen molar-refractivity contribution in [3.63, 3.8) is 0 Å². The van der Waals surface area contributed by atoms with Crippen molar-refractivity contribution < 1.29 is 0 Å². The molecule has 2 rings (SSSR count). The normalized spacial score (nSPS) is 30.9. The lowest BCUT2D eigenvalue weighted by Gasteiger charge is -2.46. The second-order valence-corrected chi connectivity index (χ2v) is 4.76. The van der Waals surface area contributed by atoms with Crippen LogP contribution in [-0.2, 0) is 0 Å². The van der Waals surface area contributed by atoms with Gasteiger partial charge in [0.25, 0.3) is 0 Å². The maximum atomic E-state index is 4.17. The van der Waals surface area contributed by atoms with E-state index in [1.165, 1.54) is 38.8 Å². The Balaban J connectivity index is 1.86. The zero-order valence-corrected chi connectivity index (χ0v) is 7.76. The first-order chi connectivity index (χ1) is 4.85. The molecule has 1 saturated heterocycles. The highest BCUT2D eigenvalue weighted by Gasteiger charge is 2.44. The minimum Gasteiger partial charge on any atom is -0.240 e. The van der Waals surface area contributed by atoms with Gasteiger partial charge in [-0.05, 0) is 29.2 Å². The second-order valence-electron chi connectivity index (χ2n) is 3.59. The predicted molar refractivity (Wildman–Crippen MR) is 49.1 cm³/mol. The van der Waals surface area contributed by atoms with Crippen LogP contribution in [-0.4, -0.2) is 17.4 Å². The van der Waals surface area contributed by atoms with E-state index >= 15 is 0 Å². The minimum absolute atomic E-state index is 0.746. The van der Waals surface area contributed by atoms with Crippen LogP contribution in [0.25, 0.3) is 0 Å². The zero-order chi connectivity index (χ0) is 7.03. The number of hydrogen-bond donors (Lipinski definition) is 1. The summed E-state index contributed by atoms with van der Waals surface area (Å²) in [6.07, 6.45) is 5.87. The maximum Gasteiger partial charge on any atom is 0.0167 e. The van der Waals surface area contributed by atoms with Gasteiger partial charge < -0.3 is 0 Å². The Morgan fingerprint density at radius 3 is 2.30 bits per heavy atom. The molecule has 0 N–H and O–H groups in total. The molecule has 0 aromatic heterocycles. The molecule has 0 radical (unpaired) electrons. The summed E-state index contributed by atoms with van der Waals surface area (Å²) in [5.41, 5.74) is 0.746. The van der Waals surface area contributed by atoms with Crippen molar-refractivity contribution in [2.75, 3.05) is 13.1 Å². The first-order valence-corrected chi connectivity index (χ1v) is 5.74. The second kappa shape index (κ2) is 2.61. The molecule has 1 aliphatic carbocycles. The third-order valence-electron chi connectivity index (χ3n) is 2.80. The summed E-state index contributed by atoms with van der Waals surface area (Å²) in [6.45, 7) is 2.59. The van der Waals surface area contributed by atoms with Crippen molar-refractivity contribution in [1.82, 2.24) is 4.31 Å². The van der Waals surface area contributed by atoms with Crippen LogP contribution < -0.4 is 0 Å². The summed E-state index contributed by atoms with van der Waals surface area (Å²) >= 11 is 4.17. The predicted octanol–water partition coefficient (Wildman–Crippen LogP) is 2.36. The average Bonchev–Trinajstić information content (AvgIpc) is 2.30. The van der Waals surface area contributed by atoms with Gasteiger partial charge in [-0.3, -0.25) is 0 Å². The average molecular weight is 175 g/mol. The Morgan fingerprint density at radius 2 is 1.80 bits per heavy atom. The lowest BCUT2D eigenvalue weighted by atomic mass is 9.80. The van der Waals surface area contributed by atoms with E-state index in [2.05, 4.69) is 16.0 Å². The van der Waals surface area contributed by atoms with E-state index in [9.17, 15) is 0 Å². The molecule has 0 aromatic rings. The van der Waals surface area contributed by atoms with Crippen molar-refractivity contribution in [3.8, 4) is 0 Å². The minimum atomic E-state index is 0.746. The molecule has 1 spiro atoms. The lowest BCUT2D eigenvalue weighted by molar-refractivity contribution is 0.0896. The highest BCUT2D eigenvalue weighted by molar-refractivity contribution is 8.67. The molecule has 1 aliphatic heterocycles. The van der Waals surface area contributed by atoms with Gasteiger partial charge >= 0.3 is 0 Å². The number of nitrogens with zero attached hydrogens (tertiary/aromatic N) is 1. The smallest absolute Gasteiger partial charge is 0.0167 e. The van der Waals surface area contributed by atoms with Crippen LogP contribution in [0.15, 0.2) is 0 Å². The van der Waals surface area contributed by atoms with Crippen molar-refractivity contribution in [1.29, 1.82) is 0 Å². The van der Waals surface area contributed by atoms with Gasteiger partial charge in [-0.25, -0.2) is 4.31 Å². The van der Waals surface area contributed by atoms with Gasteiger partial charge in [-0.2, -0.15) is 0 Å². The molecule has 1 nitrogen and oxygen atoms in total. The molecule has 1 heterocycles. The molecule has 0 unspecified atom stereocenters. The molecule has 3 heteroatoms. The van der Waals surface area contributed by atoms with Crippen molar-refractivity contribution in [2.24, 2.45) is 5.41 Å². The molecule has 0 bridgehead atoms. The fourth-order valence-electron chi connectivity index (χ4n) is 2.20. The van der Waals surface area contributed by atoms with E-state index in [0.717, 1.165) is 5.41 Å². The number of rotatable bonds is 1. The summed E-state index contributed by atoms with van der Waals surface area (Å²) in [5, 5.41) is 0. The topological polar surface area (TPSA) is 3.24 Å². The molecule has 0 aromatic carbocycles. The highest BCUT2D eigenvalue weighted by atomic mass is 33.1. The highest BCUT2D eigenvalue weighted by Crippen LogP contribution is 2.47. The van der Waals surface area contributed by atoms with E-state index < -0.39 is 0 Å². The molecular weight excluding hydrogens is 162 g/mol.